The Hall–Kier alpha value is -2.08. The highest BCUT2D eigenvalue weighted by Crippen LogP contribution is 2.26. The molecule has 1 N–H and O–H groups in total. The zero-order valence-corrected chi connectivity index (χ0v) is 12.0. The summed E-state index contributed by atoms with van der Waals surface area (Å²) in [5, 5.41) is 6.55. The first-order valence-electron chi connectivity index (χ1n) is 7.23. The molecule has 3 heterocycles. The number of amides is 1. The molecule has 1 aliphatic heterocycles. The molecule has 21 heavy (non-hydrogen) atoms. The second-order valence-corrected chi connectivity index (χ2v) is 5.30. The lowest BCUT2D eigenvalue weighted by molar-refractivity contribution is 0.0924. The van der Waals surface area contributed by atoms with Gasteiger partial charge in [-0.2, -0.15) is 0 Å². The standard InChI is InChI=1S/C15H19N3O3/c1-11-4-5-14(21-11)13(18-7-2-3-8-18)10-16-15(19)12-6-9-20-17-12/h4-6,9,13H,2-3,7-8,10H2,1H3,(H,16,19). The van der Waals surface area contributed by atoms with Crippen LogP contribution < -0.4 is 5.32 Å². The summed E-state index contributed by atoms with van der Waals surface area (Å²) in [5.41, 5.74) is 0.297. The van der Waals surface area contributed by atoms with Gasteiger partial charge < -0.3 is 14.3 Å². The first-order chi connectivity index (χ1) is 10.2. The molecule has 6 nitrogen and oxygen atoms in total. The maximum atomic E-state index is 12.0. The number of hydrogen-bond donors (Lipinski definition) is 1. The molecule has 0 aromatic carbocycles. The summed E-state index contributed by atoms with van der Waals surface area (Å²) < 4.78 is 10.4. The van der Waals surface area contributed by atoms with Crippen LogP contribution in [0.1, 0.15) is 40.9 Å². The topological polar surface area (TPSA) is 71.5 Å². The second-order valence-electron chi connectivity index (χ2n) is 5.30. The number of hydrogen-bond acceptors (Lipinski definition) is 5. The van der Waals surface area contributed by atoms with Crippen LogP contribution in [0.4, 0.5) is 0 Å². The first kappa shape index (κ1) is 13.9. The van der Waals surface area contributed by atoms with E-state index in [0.29, 0.717) is 12.2 Å². The quantitative estimate of drug-likeness (QED) is 0.913. The molecule has 1 unspecified atom stereocenters. The molecule has 3 rings (SSSR count). The van der Waals surface area contributed by atoms with Crippen LogP contribution in [0.3, 0.4) is 0 Å². The molecule has 2 aromatic heterocycles. The molecular weight excluding hydrogens is 270 g/mol. The van der Waals surface area contributed by atoms with Gasteiger partial charge in [0.2, 0.25) is 0 Å². The minimum atomic E-state index is -0.226. The van der Waals surface area contributed by atoms with Gasteiger partial charge in [0.25, 0.3) is 5.91 Å². The number of likely N-dealkylation sites (tertiary alicyclic amines) is 1. The molecule has 1 amide bonds. The normalized spacial score (nSPS) is 17.0. The Kier molecular flexibility index (Phi) is 4.06. The van der Waals surface area contributed by atoms with E-state index in [2.05, 4.69) is 15.4 Å². The van der Waals surface area contributed by atoms with Crippen LogP contribution >= 0.6 is 0 Å². The maximum absolute atomic E-state index is 12.0. The van der Waals surface area contributed by atoms with Crippen molar-refractivity contribution in [2.24, 2.45) is 0 Å². The summed E-state index contributed by atoms with van der Waals surface area (Å²) >= 11 is 0. The molecule has 1 fully saturated rings. The van der Waals surface area contributed by atoms with Crippen LogP contribution in [0.2, 0.25) is 0 Å². The summed E-state index contributed by atoms with van der Waals surface area (Å²) in [6.07, 6.45) is 3.77. The fourth-order valence-corrected chi connectivity index (χ4v) is 2.71. The first-order valence-corrected chi connectivity index (χ1v) is 7.23. The molecule has 1 atom stereocenters. The van der Waals surface area contributed by atoms with Gasteiger partial charge in [-0.15, -0.1) is 0 Å². The van der Waals surface area contributed by atoms with Crippen molar-refractivity contribution in [2.45, 2.75) is 25.8 Å². The molecule has 6 heteroatoms. The van der Waals surface area contributed by atoms with E-state index in [-0.39, 0.29) is 11.9 Å². The van der Waals surface area contributed by atoms with Crippen molar-refractivity contribution in [2.75, 3.05) is 19.6 Å². The summed E-state index contributed by atoms with van der Waals surface area (Å²) in [6, 6.07) is 5.56. The number of nitrogens with zero attached hydrogens (tertiary/aromatic N) is 2. The monoisotopic (exact) mass is 289 g/mol. The SMILES string of the molecule is Cc1ccc(C(CNC(=O)c2ccon2)N2CCCC2)o1. The Bertz CT molecular complexity index is 585. The van der Waals surface area contributed by atoms with E-state index in [4.69, 9.17) is 8.94 Å². The number of carbonyl (C=O) groups excluding carboxylic acids is 1. The number of aryl methyl sites for hydroxylation is 1. The molecule has 112 valence electrons. The molecule has 0 spiro atoms. The molecule has 1 saturated heterocycles. The Balaban J connectivity index is 1.69. The van der Waals surface area contributed by atoms with Crippen LogP contribution in [0.25, 0.3) is 0 Å². The average Bonchev–Trinajstić information content (AvgIpc) is 3.21. The van der Waals surface area contributed by atoms with Gasteiger partial charge in [0.1, 0.15) is 17.8 Å². The number of furan rings is 1. The van der Waals surface area contributed by atoms with Gasteiger partial charge in [-0.25, -0.2) is 0 Å². The van der Waals surface area contributed by atoms with Gasteiger partial charge in [-0.1, -0.05) is 5.16 Å². The van der Waals surface area contributed by atoms with Crippen molar-refractivity contribution in [3.05, 3.63) is 41.7 Å². The molecule has 0 bridgehead atoms. The largest absolute Gasteiger partial charge is 0.465 e. The lowest BCUT2D eigenvalue weighted by Gasteiger charge is -2.25. The molecule has 0 radical (unpaired) electrons. The molecular formula is C15H19N3O3. The van der Waals surface area contributed by atoms with E-state index in [1.54, 1.807) is 6.07 Å². The summed E-state index contributed by atoms with van der Waals surface area (Å²) in [4.78, 5) is 14.3. The highest BCUT2D eigenvalue weighted by Gasteiger charge is 2.26. The van der Waals surface area contributed by atoms with Crippen molar-refractivity contribution < 1.29 is 13.7 Å². The lowest BCUT2D eigenvalue weighted by Crippen LogP contribution is -2.36. The maximum Gasteiger partial charge on any atom is 0.273 e. The highest BCUT2D eigenvalue weighted by molar-refractivity contribution is 5.91. The van der Waals surface area contributed by atoms with Crippen molar-refractivity contribution in [3.8, 4) is 0 Å². The Morgan fingerprint density at radius 3 is 2.81 bits per heavy atom. The Morgan fingerprint density at radius 2 is 2.19 bits per heavy atom. The summed E-state index contributed by atoms with van der Waals surface area (Å²) in [7, 11) is 0. The molecule has 2 aromatic rings. The fraction of sp³-hybridized carbons (Fsp3) is 0.467. The van der Waals surface area contributed by atoms with E-state index in [0.717, 1.165) is 24.6 Å². The minimum Gasteiger partial charge on any atom is -0.465 e. The van der Waals surface area contributed by atoms with Crippen LogP contribution in [-0.2, 0) is 0 Å². The number of nitrogens with one attached hydrogen (secondary N) is 1. The smallest absolute Gasteiger partial charge is 0.273 e. The lowest BCUT2D eigenvalue weighted by atomic mass is 10.2. The third-order valence-corrected chi connectivity index (χ3v) is 3.80. The van der Waals surface area contributed by atoms with Gasteiger partial charge in [0.15, 0.2) is 5.69 Å². The van der Waals surface area contributed by atoms with Gasteiger partial charge in [-0.3, -0.25) is 9.69 Å². The third-order valence-electron chi connectivity index (χ3n) is 3.80. The van der Waals surface area contributed by atoms with Crippen LogP contribution in [0.5, 0.6) is 0 Å². The summed E-state index contributed by atoms with van der Waals surface area (Å²) in [6.45, 7) is 4.49. The van der Waals surface area contributed by atoms with Gasteiger partial charge in [0.05, 0.1) is 6.04 Å². The molecule has 0 saturated carbocycles. The second kappa shape index (κ2) is 6.13. The summed E-state index contributed by atoms with van der Waals surface area (Å²) in [5.74, 6) is 1.56. The minimum absolute atomic E-state index is 0.0667. The fourth-order valence-electron chi connectivity index (χ4n) is 2.71. The van der Waals surface area contributed by atoms with E-state index in [9.17, 15) is 4.79 Å². The average molecular weight is 289 g/mol. The van der Waals surface area contributed by atoms with Gasteiger partial charge >= 0.3 is 0 Å². The van der Waals surface area contributed by atoms with E-state index in [1.165, 1.54) is 19.1 Å². The van der Waals surface area contributed by atoms with Gasteiger partial charge in [0, 0.05) is 12.6 Å². The molecule has 1 aliphatic rings. The van der Waals surface area contributed by atoms with Gasteiger partial charge in [-0.05, 0) is 45.0 Å². The highest BCUT2D eigenvalue weighted by atomic mass is 16.5. The van der Waals surface area contributed by atoms with Crippen molar-refractivity contribution in [1.29, 1.82) is 0 Å². The Labute approximate surface area is 123 Å². The van der Waals surface area contributed by atoms with Crippen molar-refractivity contribution in [3.63, 3.8) is 0 Å². The predicted molar refractivity (Wildman–Crippen MR) is 75.8 cm³/mol. The van der Waals surface area contributed by atoms with Crippen LogP contribution in [0, 0.1) is 6.92 Å². The van der Waals surface area contributed by atoms with Crippen LogP contribution in [0.15, 0.2) is 33.4 Å². The Morgan fingerprint density at radius 1 is 1.38 bits per heavy atom. The number of carbonyl (C=O) groups is 1. The third kappa shape index (κ3) is 3.16. The van der Waals surface area contributed by atoms with Crippen LogP contribution in [-0.4, -0.2) is 35.6 Å². The number of aromatic nitrogens is 1. The van der Waals surface area contributed by atoms with Crippen molar-refractivity contribution in [1.82, 2.24) is 15.4 Å². The number of rotatable bonds is 5. The zero-order valence-electron chi connectivity index (χ0n) is 12.0. The molecule has 0 aliphatic carbocycles. The van der Waals surface area contributed by atoms with E-state index < -0.39 is 0 Å². The zero-order chi connectivity index (χ0) is 14.7. The van der Waals surface area contributed by atoms with E-state index >= 15 is 0 Å². The predicted octanol–water partition coefficient (Wildman–Crippen LogP) is 2.14. The van der Waals surface area contributed by atoms with E-state index in [1.807, 2.05) is 19.1 Å². The van der Waals surface area contributed by atoms with Crippen molar-refractivity contribution >= 4 is 5.91 Å².